The fraction of sp³-hybridized carbons (Fsp3) is 0.346. The molecule has 2 aromatic carbocycles. The lowest BCUT2D eigenvalue weighted by atomic mass is 10.0. The molecule has 1 saturated carbocycles. The van der Waals surface area contributed by atoms with Crippen molar-refractivity contribution in [2.24, 2.45) is 5.92 Å². The van der Waals surface area contributed by atoms with Crippen LogP contribution >= 0.6 is 0 Å². The number of nitrogens with zero attached hydrogens (tertiary/aromatic N) is 1. The number of hydrogen-bond donors (Lipinski definition) is 2. The van der Waals surface area contributed by atoms with E-state index in [1.54, 1.807) is 0 Å². The van der Waals surface area contributed by atoms with E-state index >= 15 is 0 Å². The molecule has 3 aromatic rings. The van der Waals surface area contributed by atoms with Crippen LogP contribution in [0.5, 0.6) is 5.75 Å². The monoisotopic (exact) mass is 448 g/mol. The van der Waals surface area contributed by atoms with E-state index in [-0.39, 0.29) is 18.2 Å². The number of ether oxygens (including phenoxy) is 1. The Labute approximate surface area is 192 Å². The SMILES string of the molecule is Cc1oc(-c2ccccc2)nc1CCOc1ccc(CCC(=O)O)c(CNC(=O)C2CC2)c1. The van der Waals surface area contributed by atoms with Gasteiger partial charge >= 0.3 is 5.97 Å². The Bertz CT molecular complexity index is 1120. The van der Waals surface area contributed by atoms with Crippen LogP contribution in [0.15, 0.2) is 52.9 Å². The molecule has 0 bridgehead atoms. The molecule has 7 nitrogen and oxygen atoms in total. The Hall–Kier alpha value is -3.61. The molecular weight excluding hydrogens is 420 g/mol. The molecular formula is C26H28N2O5. The Morgan fingerprint density at radius 2 is 1.91 bits per heavy atom. The first-order chi connectivity index (χ1) is 16.0. The van der Waals surface area contributed by atoms with Crippen molar-refractivity contribution in [1.29, 1.82) is 0 Å². The lowest BCUT2D eigenvalue weighted by molar-refractivity contribution is -0.137. The number of oxazole rings is 1. The molecule has 1 fully saturated rings. The maximum Gasteiger partial charge on any atom is 0.303 e. The van der Waals surface area contributed by atoms with Gasteiger partial charge in [-0.1, -0.05) is 24.3 Å². The first-order valence-corrected chi connectivity index (χ1v) is 11.3. The Morgan fingerprint density at radius 3 is 2.64 bits per heavy atom. The Balaban J connectivity index is 1.39. The van der Waals surface area contributed by atoms with Gasteiger partial charge in [-0.25, -0.2) is 4.98 Å². The molecule has 1 aromatic heterocycles. The average molecular weight is 449 g/mol. The van der Waals surface area contributed by atoms with Gasteiger partial charge in [-0.3, -0.25) is 9.59 Å². The number of nitrogens with one attached hydrogen (secondary N) is 1. The molecule has 1 heterocycles. The van der Waals surface area contributed by atoms with Crippen LogP contribution in [0.2, 0.25) is 0 Å². The van der Waals surface area contributed by atoms with Gasteiger partial charge in [0.2, 0.25) is 11.8 Å². The summed E-state index contributed by atoms with van der Waals surface area (Å²) in [5.74, 6) is 1.37. The van der Waals surface area contributed by atoms with Crippen molar-refractivity contribution < 1.29 is 23.8 Å². The highest BCUT2D eigenvalue weighted by Gasteiger charge is 2.29. The molecule has 4 rings (SSSR count). The quantitative estimate of drug-likeness (QED) is 0.453. The fourth-order valence-corrected chi connectivity index (χ4v) is 3.64. The van der Waals surface area contributed by atoms with Crippen LogP contribution in [0.25, 0.3) is 11.5 Å². The summed E-state index contributed by atoms with van der Waals surface area (Å²) in [6.45, 7) is 2.68. The first-order valence-electron chi connectivity index (χ1n) is 11.3. The Kier molecular flexibility index (Phi) is 7.07. The number of carboxylic acids is 1. The average Bonchev–Trinajstić information content (AvgIpc) is 3.60. The number of aryl methyl sites for hydroxylation is 2. The van der Waals surface area contributed by atoms with Gasteiger partial charge < -0.3 is 19.6 Å². The molecule has 0 saturated heterocycles. The highest BCUT2D eigenvalue weighted by atomic mass is 16.5. The van der Waals surface area contributed by atoms with Crippen LogP contribution in [0.4, 0.5) is 0 Å². The number of rotatable bonds is 11. The second-order valence-electron chi connectivity index (χ2n) is 8.30. The lowest BCUT2D eigenvalue weighted by Gasteiger charge is -2.13. The second kappa shape index (κ2) is 10.3. The van der Waals surface area contributed by atoms with Gasteiger partial charge in [-0.2, -0.15) is 0 Å². The molecule has 2 N–H and O–H groups in total. The largest absolute Gasteiger partial charge is 0.493 e. The summed E-state index contributed by atoms with van der Waals surface area (Å²) < 4.78 is 11.8. The minimum Gasteiger partial charge on any atom is -0.493 e. The van der Waals surface area contributed by atoms with Gasteiger partial charge in [0.25, 0.3) is 0 Å². The van der Waals surface area contributed by atoms with Crippen molar-refractivity contribution in [3.8, 4) is 17.2 Å². The van der Waals surface area contributed by atoms with E-state index in [9.17, 15) is 9.59 Å². The van der Waals surface area contributed by atoms with Crippen molar-refractivity contribution in [2.75, 3.05) is 6.61 Å². The summed E-state index contributed by atoms with van der Waals surface area (Å²) in [5.41, 5.74) is 3.57. The van der Waals surface area contributed by atoms with Gasteiger partial charge in [0.05, 0.1) is 12.3 Å². The molecule has 0 radical (unpaired) electrons. The maximum absolute atomic E-state index is 12.1. The third-order valence-electron chi connectivity index (χ3n) is 5.71. The van der Waals surface area contributed by atoms with Crippen molar-refractivity contribution in [1.82, 2.24) is 10.3 Å². The maximum atomic E-state index is 12.1. The number of carbonyl (C=O) groups excluding carboxylic acids is 1. The summed E-state index contributed by atoms with van der Waals surface area (Å²) in [6, 6.07) is 15.4. The standard InChI is InChI=1S/C26H28N2O5/c1-17-23(28-26(33-17)20-5-3-2-4-6-20)13-14-32-22-11-9-18(10-12-24(29)30)21(15-22)16-27-25(31)19-7-8-19/h2-6,9,11,15,19H,7-8,10,12-14,16H2,1H3,(H,27,31)(H,29,30). The zero-order valence-electron chi connectivity index (χ0n) is 18.7. The van der Waals surface area contributed by atoms with Crippen LogP contribution < -0.4 is 10.1 Å². The molecule has 0 unspecified atom stereocenters. The van der Waals surface area contributed by atoms with Crippen LogP contribution in [0.1, 0.15) is 41.8 Å². The third-order valence-corrected chi connectivity index (χ3v) is 5.71. The number of carbonyl (C=O) groups is 2. The van der Waals surface area contributed by atoms with Gasteiger partial charge in [-0.15, -0.1) is 0 Å². The number of aliphatic carboxylic acids is 1. The van der Waals surface area contributed by atoms with E-state index in [2.05, 4.69) is 10.3 Å². The first kappa shape index (κ1) is 22.6. The zero-order chi connectivity index (χ0) is 23.2. The summed E-state index contributed by atoms with van der Waals surface area (Å²) in [4.78, 5) is 27.7. The molecule has 172 valence electrons. The van der Waals surface area contributed by atoms with E-state index in [0.29, 0.717) is 37.6 Å². The summed E-state index contributed by atoms with van der Waals surface area (Å²) in [6.07, 6.45) is 2.92. The number of aromatic nitrogens is 1. The molecule has 0 spiro atoms. The van der Waals surface area contributed by atoms with Crippen molar-refractivity contribution in [2.45, 2.75) is 45.6 Å². The number of amides is 1. The summed E-state index contributed by atoms with van der Waals surface area (Å²) in [7, 11) is 0. The van der Waals surface area contributed by atoms with Crippen LogP contribution in [0.3, 0.4) is 0 Å². The van der Waals surface area contributed by atoms with Crippen LogP contribution in [0, 0.1) is 12.8 Å². The predicted molar refractivity (Wildman–Crippen MR) is 123 cm³/mol. The summed E-state index contributed by atoms with van der Waals surface area (Å²) in [5, 5.41) is 12.0. The lowest BCUT2D eigenvalue weighted by Crippen LogP contribution is -2.24. The van der Waals surface area contributed by atoms with Gasteiger partial charge in [0.1, 0.15) is 11.5 Å². The normalized spacial score (nSPS) is 13.0. The molecule has 7 heteroatoms. The number of carboxylic acid groups (broad SMARTS) is 1. The topological polar surface area (TPSA) is 102 Å². The predicted octanol–water partition coefficient (Wildman–Crippen LogP) is 4.31. The molecule has 0 aliphatic heterocycles. The highest BCUT2D eigenvalue weighted by Crippen LogP contribution is 2.29. The van der Waals surface area contributed by atoms with E-state index < -0.39 is 5.97 Å². The Morgan fingerprint density at radius 1 is 1.12 bits per heavy atom. The highest BCUT2D eigenvalue weighted by molar-refractivity contribution is 5.80. The van der Waals surface area contributed by atoms with Crippen LogP contribution in [-0.2, 0) is 29.0 Å². The number of hydrogen-bond acceptors (Lipinski definition) is 5. The van der Waals surface area contributed by atoms with E-state index in [0.717, 1.165) is 41.0 Å². The third kappa shape index (κ3) is 6.22. The van der Waals surface area contributed by atoms with Gasteiger partial charge in [0, 0.05) is 30.9 Å². The zero-order valence-corrected chi connectivity index (χ0v) is 18.7. The molecule has 33 heavy (non-hydrogen) atoms. The smallest absolute Gasteiger partial charge is 0.303 e. The van der Waals surface area contributed by atoms with Crippen molar-refractivity contribution >= 4 is 11.9 Å². The molecule has 1 aliphatic carbocycles. The van der Waals surface area contributed by atoms with Crippen LogP contribution in [-0.4, -0.2) is 28.6 Å². The summed E-state index contributed by atoms with van der Waals surface area (Å²) >= 11 is 0. The fourth-order valence-electron chi connectivity index (χ4n) is 3.64. The molecule has 1 amide bonds. The number of benzene rings is 2. The minimum atomic E-state index is -0.846. The minimum absolute atomic E-state index is 0.0406. The van der Waals surface area contributed by atoms with Crippen molar-refractivity contribution in [3.05, 3.63) is 71.1 Å². The van der Waals surface area contributed by atoms with E-state index in [4.69, 9.17) is 14.3 Å². The van der Waals surface area contributed by atoms with Crippen molar-refractivity contribution in [3.63, 3.8) is 0 Å². The molecule has 1 aliphatic rings. The molecule has 0 atom stereocenters. The van der Waals surface area contributed by atoms with Gasteiger partial charge in [0.15, 0.2) is 0 Å². The van der Waals surface area contributed by atoms with E-state index in [1.807, 2.05) is 55.5 Å². The second-order valence-corrected chi connectivity index (χ2v) is 8.30. The van der Waals surface area contributed by atoms with Gasteiger partial charge in [-0.05, 0) is 61.6 Å². The van der Waals surface area contributed by atoms with E-state index in [1.165, 1.54) is 0 Å².